The largest absolute Gasteiger partial charge is 0.473 e. The number of ether oxygens (including phenoxy) is 1. The number of hydrogen-bond acceptors (Lipinski definition) is 4. The van der Waals surface area contributed by atoms with Gasteiger partial charge in [-0.2, -0.15) is 0 Å². The van der Waals surface area contributed by atoms with Crippen molar-refractivity contribution in [2.24, 2.45) is 0 Å². The summed E-state index contributed by atoms with van der Waals surface area (Å²) in [5.41, 5.74) is 2.06. The van der Waals surface area contributed by atoms with Crippen LogP contribution in [-0.4, -0.2) is 16.9 Å². The number of imide groups is 1. The van der Waals surface area contributed by atoms with Gasteiger partial charge < -0.3 is 10.1 Å². The Morgan fingerprint density at radius 1 is 1.03 bits per heavy atom. The summed E-state index contributed by atoms with van der Waals surface area (Å²) in [6.45, 7) is 1.94. The van der Waals surface area contributed by atoms with Crippen LogP contribution in [0.4, 0.5) is 10.5 Å². The lowest BCUT2D eigenvalue weighted by atomic mass is 10.1. The van der Waals surface area contributed by atoms with Crippen LogP contribution in [0.25, 0.3) is 0 Å². The van der Waals surface area contributed by atoms with E-state index in [0.29, 0.717) is 27.2 Å². The summed E-state index contributed by atoms with van der Waals surface area (Å²) in [6.07, 6.45) is 1.41. The van der Waals surface area contributed by atoms with E-state index in [0.717, 1.165) is 5.56 Å². The second-order valence-electron chi connectivity index (χ2n) is 6.25. The van der Waals surface area contributed by atoms with E-state index >= 15 is 0 Å². The molecule has 0 aliphatic carbocycles. The summed E-state index contributed by atoms with van der Waals surface area (Å²) in [4.78, 5) is 28.5. The summed E-state index contributed by atoms with van der Waals surface area (Å²) in [5, 5.41) is 6.08. The maximum absolute atomic E-state index is 12.3. The molecule has 1 heterocycles. The van der Waals surface area contributed by atoms with Gasteiger partial charge in [-0.15, -0.1) is 0 Å². The van der Waals surface area contributed by atoms with E-state index in [2.05, 4.69) is 15.6 Å². The topological polar surface area (TPSA) is 80.3 Å². The number of nitrogens with one attached hydrogen (secondary N) is 2. The van der Waals surface area contributed by atoms with E-state index in [9.17, 15) is 9.59 Å². The summed E-state index contributed by atoms with van der Waals surface area (Å²) < 4.78 is 5.59. The monoisotopic (exact) mass is 463 g/mol. The van der Waals surface area contributed by atoms with Gasteiger partial charge in [0.1, 0.15) is 6.61 Å². The Morgan fingerprint density at radius 3 is 2.50 bits per heavy atom. The normalized spacial score (nSPS) is 10.4. The highest BCUT2D eigenvalue weighted by Gasteiger charge is 2.16. The Kier molecular flexibility index (Phi) is 7.15. The van der Waals surface area contributed by atoms with Crippen LogP contribution in [0.15, 0.2) is 54.7 Å². The molecule has 1 aromatic heterocycles. The van der Waals surface area contributed by atoms with Crippen LogP contribution >= 0.6 is 34.8 Å². The molecule has 154 valence electrons. The van der Waals surface area contributed by atoms with E-state index < -0.39 is 11.9 Å². The van der Waals surface area contributed by atoms with Gasteiger partial charge in [-0.05, 0) is 36.8 Å². The van der Waals surface area contributed by atoms with Crippen molar-refractivity contribution in [3.05, 3.63) is 86.5 Å². The number of rotatable bonds is 5. The number of aryl methyl sites for hydroxylation is 1. The molecule has 2 aromatic carbocycles. The molecule has 2 N–H and O–H groups in total. The highest BCUT2D eigenvalue weighted by atomic mass is 35.5. The summed E-state index contributed by atoms with van der Waals surface area (Å²) in [7, 11) is 0. The van der Waals surface area contributed by atoms with Crippen LogP contribution in [0.2, 0.25) is 15.1 Å². The van der Waals surface area contributed by atoms with Crippen molar-refractivity contribution >= 4 is 52.4 Å². The van der Waals surface area contributed by atoms with Crippen molar-refractivity contribution in [3.63, 3.8) is 0 Å². The van der Waals surface area contributed by atoms with Gasteiger partial charge in [0.2, 0.25) is 5.88 Å². The van der Waals surface area contributed by atoms with Gasteiger partial charge in [0, 0.05) is 21.7 Å². The SMILES string of the molecule is Cc1cccc(Cl)c1C(=O)NC(=O)Nc1ccc(OCc2ccc(Cl)cc2Cl)nc1. The third-order valence-corrected chi connectivity index (χ3v) is 4.96. The molecule has 0 unspecified atom stereocenters. The van der Waals surface area contributed by atoms with Gasteiger partial charge in [-0.1, -0.05) is 53.0 Å². The van der Waals surface area contributed by atoms with E-state index in [1.807, 2.05) is 0 Å². The van der Waals surface area contributed by atoms with Crippen LogP contribution in [0.1, 0.15) is 21.5 Å². The van der Waals surface area contributed by atoms with Crippen LogP contribution < -0.4 is 15.4 Å². The van der Waals surface area contributed by atoms with Crippen molar-refractivity contribution in [3.8, 4) is 5.88 Å². The summed E-state index contributed by atoms with van der Waals surface area (Å²) >= 11 is 18.0. The second-order valence-corrected chi connectivity index (χ2v) is 7.50. The average molecular weight is 465 g/mol. The first-order valence-corrected chi connectivity index (χ1v) is 9.87. The minimum atomic E-state index is -0.706. The molecule has 6 nitrogen and oxygen atoms in total. The summed E-state index contributed by atoms with van der Waals surface area (Å²) in [6, 6.07) is 12.6. The molecular weight excluding hydrogens is 449 g/mol. The molecule has 0 aliphatic rings. The molecule has 0 radical (unpaired) electrons. The number of urea groups is 1. The maximum Gasteiger partial charge on any atom is 0.326 e. The number of anilines is 1. The van der Waals surface area contributed by atoms with Crippen LogP contribution in [-0.2, 0) is 6.61 Å². The Bertz CT molecular complexity index is 1070. The van der Waals surface area contributed by atoms with Gasteiger partial charge in [-0.25, -0.2) is 9.78 Å². The number of nitrogens with zero attached hydrogens (tertiary/aromatic N) is 1. The molecule has 0 atom stereocenters. The van der Waals surface area contributed by atoms with Crippen LogP contribution in [0.3, 0.4) is 0 Å². The number of amides is 3. The number of halogens is 3. The fourth-order valence-electron chi connectivity index (χ4n) is 2.58. The molecule has 0 aliphatic heterocycles. The zero-order chi connectivity index (χ0) is 21.7. The highest BCUT2D eigenvalue weighted by molar-refractivity contribution is 6.35. The highest BCUT2D eigenvalue weighted by Crippen LogP contribution is 2.23. The molecule has 3 aromatic rings. The van der Waals surface area contributed by atoms with Crippen molar-refractivity contribution in [1.82, 2.24) is 10.3 Å². The van der Waals surface area contributed by atoms with Crippen molar-refractivity contribution < 1.29 is 14.3 Å². The first kappa shape index (κ1) is 21.9. The van der Waals surface area contributed by atoms with E-state index in [1.165, 1.54) is 6.20 Å². The minimum absolute atomic E-state index is 0.210. The third kappa shape index (κ3) is 5.63. The lowest BCUT2D eigenvalue weighted by Gasteiger charge is -2.10. The molecule has 0 saturated heterocycles. The molecule has 3 rings (SSSR count). The van der Waals surface area contributed by atoms with E-state index in [-0.39, 0.29) is 17.2 Å². The Balaban J connectivity index is 1.56. The molecule has 3 amide bonds. The van der Waals surface area contributed by atoms with Gasteiger partial charge in [-0.3, -0.25) is 10.1 Å². The van der Waals surface area contributed by atoms with Gasteiger partial charge >= 0.3 is 6.03 Å². The molecule has 9 heteroatoms. The maximum atomic E-state index is 12.3. The lowest BCUT2D eigenvalue weighted by Crippen LogP contribution is -2.34. The van der Waals surface area contributed by atoms with Crippen molar-refractivity contribution in [1.29, 1.82) is 0 Å². The molecule has 0 fully saturated rings. The number of carbonyl (C=O) groups is 2. The predicted molar refractivity (Wildman–Crippen MR) is 118 cm³/mol. The minimum Gasteiger partial charge on any atom is -0.473 e. The number of carbonyl (C=O) groups excluding carboxylic acids is 2. The molecule has 0 bridgehead atoms. The zero-order valence-corrected chi connectivity index (χ0v) is 18.0. The molecule has 0 saturated carbocycles. The fourth-order valence-corrected chi connectivity index (χ4v) is 3.35. The Labute approximate surface area is 188 Å². The van der Waals surface area contributed by atoms with E-state index in [4.69, 9.17) is 39.5 Å². The van der Waals surface area contributed by atoms with E-state index in [1.54, 1.807) is 55.5 Å². The van der Waals surface area contributed by atoms with Crippen LogP contribution in [0.5, 0.6) is 5.88 Å². The number of benzene rings is 2. The first-order valence-electron chi connectivity index (χ1n) is 8.73. The number of hydrogen-bond donors (Lipinski definition) is 2. The quantitative estimate of drug-likeness (QED) is 0.493. The first-order chi connectivity index (χ1) is 14.3. The second kappa shape index (κ2) is 9.80. The molecule has 30 heavy (non-hydrogen) atoms. The smallest absolute Gasteiger partial charge is 0.326 e. The molecule has 0 spiro atoms. The number of pyridine rings is 1. The molecular formula is C21H16Cl3N3O3. The number of aromatic nitrogens is 1. The Hall–Kier alpha value is -2.80. The fraction of sp³-hybridized carbons (Fsp3) is 0.0952. The zero-order valence-electron chi connectivity index (χ0n) is 15.7. The Morgan fingerprint density at radius 2 is 1.83 bits per heavy atom. The third-order valence-electron chi connectivity index (χ3n) is 4.06. The van der Waals surface area contributed by atoms with Gasteiger partial charge in [0.15, 0.2) is 0 Å². The standard InChI is InChI=1S/C21H16Cl3N3O3/c1-12-3-2-4-16(23)19(12)20(28)27-21(29)26-15-7-8-18(25-10-15)30-11-13-5-6-14(22)9-17(13)24/h2-10H,11H2,1H3,(H2,26,27,28,29). The van der Waals surface area contributed by atoms with Crippen molar-refractivity contribution in [2.75, 3.05) is 5.32 Å². The van der Waals surface area contributed by atoms with Gasteiger partial charge in [0.25, 0.3) is 5.91 Å². The van der Waals surface area contributed by atoms with Crippen molar-refractivity contribution in [2.45, 2.75) is 13.5 Å². The van der Waals surface area contributed by atoms with Gasteiger partial charge in [0.05, 0.1) is 22.5 Å². The lowest BCUT2D eigenvalue weighted by molar-refractivity contribution is 0.0966. The predicted octanol–water partition coefficient (Wildman–Crippen LogP) is 5.89. The average Bonchev–Trinajstić information content (AvgIpc) is 2.68. The summed E-state index contributed by atoms with van der Waals surface area (Å²) in [5.74, 6) is -0.252. The van der Waals surface area contributed by atoms with Crippen LogP contribution in [0, 0.1) is 6.92 Å².